The van der Waals surface area contributed by atoms with Crippen LogP contribution in [0, 0.1) is 0 Å². The Balaban J connectivity index is 2.30. The first-order valence-electron chi connectivity index (χ1n) is 8.51. The van der Waals surface area contributed by atoms with Gasteiger partial charge in [0.2, 0.25) is 8.32 Å². The zero-order valence-corrected chi connectivity index (χ0v) is 17.0. The second-order valence-corrected chi connectivity index (χ2v) is 12.7. The van der Waals surface area contributed by atoms with Gasteiger partial charge in [-0.05, 0) is 25.1 Å². The normalized spacial score (nSPS) is 24.1. The van der Waals surface area contributed by atoms with Gasteiger partial charge in [0, 0.05) is 6.42 Å². The van der Waals surface area contributed by atoms with Crippen LogP contribution in [0.2, 0.25) is 18.1 Å². The maximum absolute atomic E-state index is 12.7. The third-order valence-electron chi connectivity index (χ3n) is 5.01. The van der Waals surface area contributed by atoms with E-state index in [1.807, 2.05) is 12.2 Å². The van der Waals surface area contributed by atoms with Crippen LogP contribution < -0.4 is 0 Å². The number of hydrogen-bond acceptors (Lipinski definition) is 6. The molecule has 0 saturated heterocycles. The van der Waals surface area contributed by atoms with Gasteiger partial charge in [0.1, 0.15) is 11.7 Å². The lowest BCUT2D eigenvalue weighted by molar-refractivity contribution is -0.163. The second kappa shape index (κ2) is 6.95. The lowest BCUT2D eigenvalue weighted by Gasteiger charge is -2.39. The smallest absolute Gasteiger partial charge is 0.346 e. The summed E-state index contributed by atoms with van der Waals surface area (Å²) in [6, 6.07) is 0. The van der Waals surface area contributed by atoms with Gasteiger partial charge in [0.25, 0.3) is 0 Å². The monoisotopic (exact) mass is 368 g/mol. The molecular weight excluding hydrogens is 340 g/mol. The average Bonchev–Trinajstić information content (AvgIpc) is 2.86. The summed E-state index contributed by atoms with van der Waals surface area (Å²) in [5.74, 6) is -0.570. The highest BCUT2D eigenvalue weighted by Crippen LogP contribution is 2.42. The first-order valence-corrected chi connectivity index (χ1v) is 11.4. The second-order valence-electron chi connectivity index (χ2n) is 7.95. The highest BCUT2D eigenvalue weighted by Gasteiger charge is 2.44. The summed E-state index contributed by atoms with van der Waals surface area (Å²) in [6.45, 7) is 12.2. The molecule has 0 N–H and O–H groups in total. The van der Waals surface area contributed by atoms with Crippen molar-refractivity contribution in [3.63, 3.8) is 0 Å². The Bertz CT molecular complexity index is 614. The summed E-state index contributed by atoms with van der Waals surface area (Å²) in [4.78, 5) is 24.2. The number of carbonyl (C=O) groups is 2. The Morgan fingerprint density at radius 3 is 2.48 bits per heavy atom. The number of esters is 2. The molecule has 25 heavy (non-hydrogen) atoms. The van der Waals surface area contributed by atoms with Crippen LogP contribution in [0.3, 0.4) is 0 Å². The van der Waals surface area contributed by atoms with Crippen LogP contribution in [0.5, 0.6) is 0 Å². The summed E-state index contributed by atoms with van der Waals surface area (Å²) in [7, 11) is -0.865. The fourth-order valence-electron chi connectivity index (χ4n) is 2.46. The van der Waals surface area contributed by atoms with Crippen LogP contribution in [-0.4, -0.2) is 45.7 Å². The third kappa shape index (κ3) is 4.15. The molecule has 2 rings (SSSR count). The van der Waals surface area contributed by atoms with E-state index in [9.17, 15) is 9.59 Å². The molecule has 0 spiro atoms. The van der Waals surface area contributed by atoms with Gasteiger partial charge in [-0.2, -0.15) is 0 Å². The minimum Gasteiger partial charge on any atom is -0.546 e. The first kappa shape index (κ1) is 19.7. The average molecular weight is 369 g/mol. The van der Waals surface area contributed by atoms with Crippen molar-refractivity contribution in [3.8, 4) is 0 Å². The van der Waals surface area contributed by atoms with Crippen LogP contribution in [0.4, 0.5) is 0 Å². The first-order chi connectivity index (χ1) is 11.5. The molecule has 0 radical (unpaired) electrons. The zero-order chi connectivity index (χ0) is 19.0. The predicted octanol–water partition coefficient (Wildman–Crippen LogP) is 3.09. The fourth-order valence-corrected chi connectivity index (χ4v) is 3.58. The lowest BCUT2D eigenvalue weighted by atomic mass is 10.1. The Morgan fingerprint density at radius 2 is 1.92 bits per heavy atom. The van der Waals surface area contributed by atoms with Gasteiger partial charge in [-0.1, -0.05) is 32.9 Å². The quantitative estimate of drug-likeness (QED) is 0.422. The van der Waals surface area contributed by atoms with E-state index in [1.54, 1.807) is 0 Å². The molecule has 2 aliphatic heterocycles. The zero-order valence-electron chi connectivity index (χ0n) is 16.0. The highest BCUT2D eigenvalue weighted by atomic mass is 28.4. The Morgan fingerprint density at radius 1 is 1.28 bits per heavy atom. The maximum Gasteiger partial charge on any atom is 0.346 e. The molecule has 2 heterocycles. The molecule has 0 aromatic heterocycles. The summed E-state index contributed by atoms with van der Waals surface area (Å²) in [5, 5.41) is -0.000889. The van der Waals surface area contributed by atoms with Gasteiger partial charge in [-0.15, -0.1) is 0 Å². The molecule has 0 aromatic carbocycles. The standard InChI is InChI=1S/C18H28O6Si/c1-11(16(19)21-5)22-17(20)15-13-9-8-12(23-13)10-14(15)24-25(6,7)18(2,3)4/h8-9,11-13H,10H2,1-7H3/t11-,12+,13-/m0/s1. The molecule has 140 valence electrons. The van der Waals surface area contributed by atoms with Crippen LogP contribution in [-0.2, 0) is 28.2 Å². The van der Waals surface area contributed by atoms with Crippen molar-refractivity contribution >= 4 is 20.3 Å². The molecule has 0 amide bonds. The molecule has 2 bridgehead atoms. The highest BCUT2D eigenvalue weighted by molar-refractivity contribution is 6.74. The third-order valence-corrected chi connectivity index (χ3v) is 9.38. The number of fused-ring (bicyclic) bond motifs is 2. The SMILES string of the molecule is COC(=O)[C@H](C)OC(=O)C1=C(O[Si](C)(C)C(C)(C)C)C[C@H]2C=C[C@@H]1O2. The lowest BCUT2D eigenvalue weighted by Crippen LogP contribution is -2.43. The number of ether oxygens (including phenoxy) is 3. The molecule has 0 aromatic rings. The van der Waals surface area contributed by atoms with Crippen molar-refractivity contribution in [2.75, 3.05) is 7.11 Å². The van der Waals surface area contributed by atoms with E-state index in [1.165, 1.54) is 14.0 Å². The Hall–Kier alpha value is -1.60. The van der Waals surface area contributed by atoms with Gasteiger partial charge in [-0.25, -0.2) is 9.59 Å². The van der Waals surface area contributed by atoms with E-state index in [0.717, 1.165) is 0 Å². The molecule has 7 heteroatoms. The fraction of sp³-hybridized carbons (Fsp3) is 0.667. The molecule has 6 nitrogen and oxygen atoms in total. The summed E-state index contributed by atoms with van der Waals surface area (Å²) >= 11 is 0. The number of hydrogen-bond donors (Lipinski definition) is 0. The van der Waals surface area contributed by atoms with Gasteiger partial charge >= 0.3 is 11.9 Å². The minimum atomic E-state index is -2.12. The van der Waals surface area contributed by atoms with Gasteiger partial charge in [0.15, 0.2) is 6.10 Å². The van der Waals surface area contributed by atoms with Crippen molar-refractivity contribution in [1.82, 2.24) is 0 Å². The number of rotatable bonds is 5. The molecule has 0 aliphatic carbocycles. The Labute approximate surface area is 150 Å². The maximum atomic E-state index is 12.7. The van der Waals surface area contributed by atoms with Crippen molar-refractivity contribution in [1.29, 1.82) is 0 Å². The molecule has 0 fully saturated rings. The minimum absolute atomic E-state index is 0.000889. The van der Waals surface area contributed by atoms with Crippen LogP contribution >= 0.6 is 0 Å². The van der Waals surface area contributed by atoms with Gasteiger partial charge < -0.3 is 18.6 Å². The summed E-state index contributed by atoms with van der Waals surface area (Å²) in [5.41, 5.74) is 0.352. The van der Waals surface area contributed by atoms with Crippen molar-refractivity contribution in [2.24, 2.45) is 0 Å². The van der Waals surface area contributed by atoms with E-state index < -0.39 is 32.5 Å². The van der Waals surface area contributed by atoms with Crippen LogP contribution in [0.1, 0.15) is 34.1 Å². The van der Waals surface area contributed by atoms with Crippen molar-refractivity contribution in [2.45, 2.75) is 70.6 Å². The van der Waals surface area contributed by atoms with E-state index in [0.29, 0.717) is 17.8 Å². The predicted molar refractivity (Wildman–Crippen MR) is 95.3 cm³/mol. The van der Waals surface area contributed by atoms with Crippen molar-refractivity contribution < 1.29 is 28.2 Å². The van der Waals surface area contributed by atoms with Gasteiger partial charge in [0.05, 0.1) is 19.0 Å². The van der Waals surface area contributed by atoms with E-state index in [2.05, 4.69) is 38.6 Å². The number of carbonyl (C=O) groups excluding carboxylic acids is 2. The number of methoxy groups -OCH3 is 1. The molecular formula is C18H28O6Si. The summed E-state index contributed by atoms with van der Waals surface area (Å²) < 4.78 is 22.1. The largest absolute Gasteiger partial charge is 0.546 e. The molecule has 3 atom stereocenters. The molecule has 0 unspecified atom stereocenters. The van der Waals surface area contributed by atoms with Gasteiger partial charge in [-0.3, -0.25) is 0 Å². The molecule has 2 aliphatic rings. The van der Waals surface area contributed by atoms with Crippen molar-refractivity contribution in [3.05, 3.63) is 23.5 Å². The van der Waals surface area contributed by atoms with E-state index >= 15 is 0 Å². The Kier molecular flexibility index (Phi) is 5.49. The van der Waals surface area contributed by atoms with Crippen LogP contribution in [0.25, 0.3) is 0 Å². The summed E-state index contributed by atoms with van der Waals surface area (Å²) in [6.07, 6.45) is 2.71. The van der Waals surface area contributed by atoms with Crippen LogP contribution in [0.15, 0.2) is 23.5 Å². The van der Waals surface area contributed by atoms with E-state index in [-0.39, 0.29) is 11.1 Å². The topological polar surface area (TPSA) is 71.1 Å². The van der Waals surface area contributed by atoms with E-state index in [4.69, 9.17) is 13.9 Å². The molecule has 0 saturated carbocycles.